The van der Waals surface area contributed by atoms with Gasteiger partial charge < -0.3 is 29.2 Å². The van der Waals surface area contributed by atoms with Gasteiger partial charge in [0.05, 0.1) is 12.3 Å². The molecule has 6 rings (SSSR count). The second-order valence-corrected chi connectivity index (χ2v) is 9.44. The highest BCUT2D eigenvalue weighted by Gasteiger charge is 2.31. The summed E-state index contributed by atoms with van der Waals surface area (Å²) in [6.07, 6.45) is 4.76. The van der Waals surface area contributed by atoms with Crippen molar-refractivity contribution < 1.29 is 23.7 Å². The second kappa shape index (κ2) is 8.45. The van der Waals surface area contributed by atoms with Gasteiger partial charge in [0.2, 0.25) is 6.79 Å². The van der Waals surface area contributed by atoms with Crippen molar-refractivity contribution >= 4 is 11.7 Å². The summed E-state index contributed by atoms with van der Waals surface area (Å²) in [6, 6.07) is 11.5. The first-order chi connectivity index (χ1) is 16.1. The Morgan fingerprint density at radius 1 is 1.00 bits per heavy atom. The Kier molecular flexibility index (Phi) is 5.29. The Morgan fingerprint density at radius 3 is 2.42 bits per heavy atom. The number of hydrogen-bond acceptors (Lipinski definition) is 7. The highest BCUT2D eigenvalue weighted by molar-refractivity contribution is 5.68. The van der Waals surface area contributed by atoms with Crippen molar-refractivity contribution in [3.8, 4) is 17.2 Å². The molecule has 0 radical (unpaired) electrons. The molecule has 1 atom stereocenters. The lowest BCUT2D eigenvalue weighted by Gasteiger charge is -2.37. The van der Waals surface area contributed by atoms with Crippen LogP contribution in [0.3, 0.4) is 0 Å². The number of nitrogens with one attached hydrogen (secondary N) is 1. The number of carbonyl (C=O) groups is 1. The van der Waals surface area contributed by atoms with Gasteiger partial charge in [0.15, 0.2) is 11.5 Å². The van der Waals surface area contributed by atoms with Crippen molar-refractivity contribution in [3.63, 3.8) is 0 Å². The van der Waals surface area contributed by atoms with E-state index in [-0.39, 0.29) is 12.1 Å². The van der Waals surface area contributed by atoms with Crippen molar-refractivity contribution in [2.75, 3.05) is 31.4 Å². The largest absolute Gasteiger partial charge is 0.491 e. The zero-order chi connectivity index (χ0) is 22.4. The smallest absolute Gasteiger partial charge is 0.303 e. The van der Waals surface area contributed by atoms with E-state index >= 15 is 0 Å². The quantitative estimate of drug-likeness (QED) is 0.715. The molecular formula is C26H30N2O5. The minimum absolute atomic E-state index is 0.216. The second-order valence-electron chi connectivity index (χ2n) is 9.44. The van der Waals surface area contributed by atoms with Crippen molar-refractivity contribution in [2.24, 2.45) is 0 Å². The third kappa shape index (κ3) is 3.99. The number of piperidine rings is 1. The molecule has 33 heavy (non-hydrogen) atoms. The summed E-state index contributed by atoms with van der Waals surface area (Å²) >= 11 is 0. The molecule has 1 unspecified atom stereocenters. The molecule has 1 fully saturated rings. The summed E-state index contributed by atoms with van der Waals surface area (Å²) in [5, 5.41) is 3.91. The Hall–Kier alpha value is -2.93. The number of ether oxygens (including phenoxy) is 4. The van der Waals surface area contributed by atoms with Gasteiger partial charge in [-0.15, -0.1) is 0 Å². The van der Waals surface area contributed by atoms with Gasteiger partial charge in [-0.1, -0.05) is 12.1 Å². The van der Waals surface area contributed by atoms with Gasteiger partial charge >= 0.3 is 5.97 Å². The zero-order valence-corrected chi connectivity index (χ0v) is 19.0. The number of nitrogens with zero attached hydrogens (tertiary/aromatic N) is 1. The Bertz CT molecular complexity index is 1030. The van der Waals surface area contributed by atoms with Crippen LogP contribution in [-0.4, -0.2) is 44.5 Å². The van der Waals surface area contributed by atoms with E-state index in [4.69, 9.17) is 18.9 Å². The molecule has 0 aromatic heterocycles. The maximum atomic E-state index is 11.5. The predicted octanol–water partition coefficient (Wildman–Crippen LogP) is 3.53. The van der Waals surface area contributed by atoms with E-state index in [1.807, 2.05) is 12.1 Å². The van der Waals surface area contributed by atoms with Crippen LogP contribution in [0.25, 0.3) is 0 Å². The molecule has 0 amide bonds. The van der Waals surface area contributed by atoms with Crippen LogP contribution in [-0.2, 0) is 22.4 Å². The van der Waals surface area contributed by atoms with E-state index in [0.29, 0.717) is 31.9 Å². The molecule has 3 aliphatic heterocycles. The predicted molar refractivity (Wildman–Crippen MR) is 123 cm³/mol. The maximum absolute atomic E-state index is 11.5. The summed E-state index contributed by atoms with van der Waals surface area (Å²) in [6.45, 7) is 4.32. The summed E-state index contributed by atoms with van der Waals surface area (Å²) in [5.41, 5.74) is 4.86. The fourth-order valence-corrected chi connectivity index (χ4v) is 5.70. The minimum atomic E-state index is -0.246. The number of rotatable bonds is 4. The molecule has 0 spiro atoms. The third-order valence-corrected chi connectivity index (χ3v) is 7.24. The van der Waals surface area contributed by atoms with Gasteiger partial charge in [-0.2, -0.15) is 0 Å². The molecule has 7 nitrogen and oxygen atoms in total. The number of anilines is 1. The Morgan fingerprint density at radius 2 is 1.73 bits per heavy atom. The molecule has 1 N–H and O–H groups in total. The number of carbonyl (C=O) groups excluding carboxylic acids is 1. The standard InChI is InChI=1S/C26H30N2O5/c1-16(29)33-23-7-10-30-26-21(23)3-2-4-22(26)28-8-5-19(6-9-28)27-20-11-17-13-24-25(32-15-31-24)14-18(17)12-20/h2-4,13-14,19-20,23,27H,5-12,15H2,1H3. The van der Waals surface area contributed by atoms with Crippen molar-refractivity contribution in [1.82, 2.24) is 5.32 Å². The molecule has 7 heteroatoms. The van der Waals surface area contributed by atoms with Gasteiger partial charge in [0, 0.05) is 44.1 Å². The summed E-state index contributed by atoms with van der Waals surface area (Å²) in [4.78, 5) is 13.9. The number of fused-ring (bicyclic) bond motifs is 3. The van der Waals surface area contributed by atoms with Crippen molar-refractivity contribution in [3.05, 3.63) is 47.0 Å². The van der Waals surface area contributed by atoms with Gasteiger partial charge in [0.1, 0.15) is 11.9 Å². The van der Waals surface area contributed by atoms with E-state index in [9.17, 15) is 4.79 Å². The van der Waals surface area contributed by atoms with Crippen LogP contribution in [0.4, 0.5) is 5.69 Å². The third-order valence-electron chi connectivity index (χ3n) is 7.24. The van der Waals surface area contributed by atoms with E-state index in [2.05, 4.69) is 28.4 Å². The molecule has 4 aliphatic rings. The molecule has 2 aromatic rings. The fourth-order valence-electron chi connectivity index (χ4n) is 5.70. The lowest BCUT2D eigenvalue weighted by molar-refractivity contribution is -0.147. The fraction of sp³-hybridized carbons (Fsp3) is 0.500. The Labute approximate surface area is 193 Å². The van der Waals surface area contributed by atoms with Crippen LogP contribution >= 0.6 is 0 Å². The molecule has 1 aliphatic carbocycles. The van der Waals surface area contributed by atoms with Crippen LogP contribution < -0.4 is 24.4 Å². The zero-order valence-electron chi connectivity index (χ0n) is 19.0. The number of hydrogen-bond donors (Lipinski definition) is 1. The van der Waals surface area contributed by atoms with E-state index < -0.39 is 0 Å². The lowest BCUT2D eigenvalue weighted by Crippen LogP contribution is -2.46. The molecule has 2 aromatic carbocycles. The van der Waals surface area contributed by atoms with E-state index in [1.165, 1.54) is 18.1 Å². The van der Waals surface area contributed by atoms with Gasteiger partial charge in [0.25, 0.3) is 0 Å². The molecular weight excluding hydrogens is 420 g/mol. The lowest BCUT2D eigenvalue weighted by atomic mass is 9.99. The summed E-state index contributed by atoms with van der Waals surface area (Å²) < 4.78 is 22.7. The first-order valence-electron chi connectivity index (χ1n) is 12.0. The van der Waals surface area contributed by atoms with Gasteiger partial charge in [-0.25, -0.2) is 0 Å². The number of para-hydroxylation sites is 1. The highest BCUT2D eigenvalue weighted by atomic mass is 16.7. The highest BCUT2D eigenvalue weighted by Crippen LogP contribution is 2.42. The molecule has 1 saturated heterocycles. The van der Waals surface area contributed by atoms with Crippen LogP contribution in [0, 0.1) is 0 Å². The first-order valence-corrected chi connectivity index (χ1v) is 12.0. The maximum Gasteiger partial charge on any atom is 0.303 e. The molecule has 174 valence electrons. The van der Waals surface area contributed by atoms with Crippen LogP contribution in [0.15, 0.2) is 30.3 Å². The minimum Gasteiger partial charge on any atom is -0.491 e. The summed E-state index contributed by atoms with van der Waals surface area (Å²) in [7, 11) is 0. The number of esters is 1. The van der Waals surface area contributed by atoms with Gasteiger partial charge in [-0.3, -0.25) is 4.79 Å². The van der Waals surface area contributed by atoms with Crippen LogP contribution in [0.5, 0.6) is 17.2 Å². The average Bonchev–Trinajstić information content (AvgIpc) is 3.42. The normalized spacial score (nSPS) is 22.0. The summed E-state index contributed by atoms with van der Waals surface area (Å²) in [5.74, 6) is 2.40. The average molecular weight is 451 g/mol. The first kappa shape index (κ1) is 20.7. The topological polar surface area (TPSA) is 69.3 Å². The SMILES string of the molecule is CC(=O)OC1CCOc2c1cccc2N1CCC(NC2Cc3cc4c(cc3C2)OCO4)CC1. The number of benzene rings is 2. The molecule has 3 heterocycles. The van der Waals surface area contributed by atoms with Crippen LogP contribution in [0.2, 0.25) is 0 Å². The van der Waals surface area contributed by atoms with Crippen molar-refractivity contribution in [1.29, 1.82) is 0 Å². The molecule has 0 bridgehead atoms. The monoisotopic (exact) mass is 450 g/mol. The van der Waals surface area contributed by atoms with Crippen molar-refractivity contribution in [2.45, 2.75) is 57.2 Å². The van der Waals surface area contributed by atoms with Crippen LogP contribution in [0.1, 0.15) is 49.0 Å². The van der Waals surface area contributed by atoms with E-state index in [0.717, 1.165) is 67.3 Å². The van der Waals surface area contributed by atoms with E-state index in [1.54, 1.807) is 0 Å². The molecule has 0 saturated carbocycles. The Balaban J connectivity index is 1.08. The van der Waals surface area contributed by atoms with Gasteiger partial charge in [-0.05, 0) is 55.0 Å².